The lowest BCUT2D eigenvalue weighted by atomic mass is 10.2. The highest BCUT2D eigenvalue weighted by molar-refractivity contribution is 7.89. The maximum absolute atomic E-state index is 12.9. The van der Waals surface area contributed by atoms with Crippen molar-refractivity contribution in [2.75, 3.05) is 13.7 Å². The molecule has 1 aromatic heterocycles. The zero-order valence-electron chi connectivity index (χ0n) is 14.0. The van der Waals surface area contributed by atoms with Gasteiger partial charge in [0.25, 0.3) is 0 Å². The molecule has 0 aliphatic carbocycles. The van der Waals surface area contributed by atoms with Crippen LogP contribution in [-0.4, -0.2) is 27.1 Å². The van der Waals surface area contributed by atoms with Gasteiger partial charge in [-0.25, -0.2) is 22.5 Å². The monoisotopic (exact) mass is 392 g/mol. The second-order valence-corrected chi connectivity index (χ2v) is 8.17. The van der Waals surface area contributed by atoms with Gasteiger partial charge in [-0.15, -0.1) is 11.3 Å². The predicted octanol–water partition coefficient (Wildman–Crippen LogP) is 3.48. The van der Waals surface area contributed by atoms with Crippen LogP contribution in [0.1, 0.15) is 5.01 Å². The fourth-order valence-electron chi connectivity index (χ4n) is 2.31. The Morgan fingerprint density at radius 3 is 2.46 bits per heavy atom. The summed E-state index contributed by atoms with van der Waals surface area (Å²) < 4.78 is 44.9. The van der Waals surface area contributed by atoms with Gasteiger partial charge in [-0.3, -0.25) is 0 Å². The topological polar surface area (TPSA) is 68.3 Å². The van der Waals surface area contributed by atoms with Crippen molar-refractivity contribution in [3.63, 3.8) is 0 Å². The molecule has 0 bridgehead atoms. The van der Waals surface area contributed by atoms with Crippen molar-refractivity contribution in [1.29, 1.82) is 0 Å². The first-order chi connectivity index (χ1) is 12.5. The highest BCUT2D eigenvalue weighted by Crippen LogP contribution is 2.24. The molecule has 0 saturated heterocycles. The molecule has 0 fully saturated rings. The Bertz CT molecular complexity index is 968. The van der Waals surface area contributed by atoms with Gasteiger partial charge in [0, 0.05) is 23.9 Å². The molecule has 0 radical (unpaired) electrons. The van der Waals surface area contributed by atoms with E-state index in [4.69, 9.17) is 4.74 Å². The van der Waals surface area contributed by atoms with E-state index in [0.717, 1.165) is 34.1 Å². The molecule has 0 spiro atoms. The fourth-order valence-corrected chi connectivity index (χ4v) is 4.15. The van der Waals surface area contributed by atoms with Crippen LogP contribution in [0.25, 0.3) is 11.3 Å². The van der Waals surface area contributed by atoms with Crippen molar-refractivity contribution >= 4 is 21.4 Å². The van der Waals surface area contributed by atoms with Crippen LogP contribution < -0.4 is 9.46 Å². The number of hydrogen-bond donors (Lipinski definition) is 1. The molecule has 136 valence electrons. The number of nitrogens with zero attached hydrogens (tertiary/aromatic N) is 1. The minimum absolute atomic E-state index is 0.0389. The quantitative estimate of drug-likeness (QED) is 0.668. The summed E-state index contributed by atoms with van der Waals surface area (Å²) in [4.78, 5) is 4.57. The number of methoxy groups -OCH3 is 1. The normalized spacial score (nSPS) is 11.5. The number of ether oxygens (including phenoxy) is 1. The first-order valence-electron chi connectivity index (χ1n) is 7.82. The van der Waals surface area contributed by atoms with Crippen LogP contribution in [0.4, 0.5) is 4.39 Å². The molecule has 1 heterocycles. The molecule has 8 heteroatoms. The van der Waals surface area contributed by atoms with Crippen molar-refractivity contribution in [2.24, 2.45) is 0 Å². The van der Waals surface area contributed by atoms with Crippen LogP contribution in [0.15, 0.2) is 58.8 Å². The Morgan fingerprint density at radius 1 is 1.12 bits per heavy atom. The summed E-state index contributed by atoms with van der Waals surface area (Å²) in [6.07, 6.45) is 0.473. The van der Waals surface area contributed by atoms with E-state index in [1.165, 1.54) is 23.5 Å². The van der Waals surface area contributed by atoms with E-state index in [1.807, 2.05) is 29.6 Å². The van der Waals surface area contributed by atoms with Gasteiger partial charge < -0.3 is 4.74 Å². The summed E-state index contributed by atoms with van der Waals surface area (Å²) >= 11 is 1.48. The molecule has 0 aliphatic rings. The Hall–Kier alpha value is -2.29. The summed E-state index contributed by atoms with van der Waals surface area (Å²) in [6, 6.07) is 12.3. The molecule has 0 atom stereocenters. The second-order valence-electron chi connectivity index (χ2n) is 5.46. The Labute approximate surface area is 155 Å². The van der Waals surface area contributed by atoms with Crippen LogP contribution in [0.5, 0.6) is 5.75 Å². The molecular weight excluding hydrogens is 375 g/mol. The lowest BCUT2D eigenvalue weighted by molar-refractivity contribution is 0.415. The molecule has 5 nitrogen and oxygen atoms in total. The zero-order chi connectivity index (χ0) is 18.6. The van der Waals surface area contributed by atoms with Gasteiger partial charge in [-0.05, 0) is 48.5 Å². The molecule has 2 aromatic carbocycles. The van der Waals surface area contributed by atoms with E-state index in [9.17, 15) is 12.8 Å². The number of thiazole rings is 1. The fraction of sp³-hybridized carbons (Fsp3) is 0.167. The number of hydrogen-bond acceptors (Lipinski definition) is 5. The van der Waals surface area contributed by atoms with Crippen LogP contribution in [0.3, 0.4) is 0 Å². The van der Waals surface area contributed by atoms with Crippen molar-refractivity contribution in [1.82, 2.24) is 9.71 Å². The van der Waals surface area contributed by atoms with Crippen molar-refractivity contribution < 1.29 is 17.5 Å². The molecule has 26 heavy (non-hydrogen) atoms. The molecule has 0 unspecified atom stereocenters. The van der Waals surface area contributed by atoms with E-state index in [2.05, 4.69) is 9.71 Å². The second kappa shape index (κ2) is 7.94. The number of rotatable bonds is 7. The summed E-state index contributed by atoms with van der Waals surface area (Å²) in [7, 11) is -2.04. The van der Waals surface area contributed by atoms with Gasteiger partial charge in [0.15, 0.2) is 0 Å². The Balaban J connectivity index is 1.60. The molecule has 3 aromatic rings. The summed E-state index contributed by atoms with van der Waals surface area (Å²) in [5.74, 6) is 0.303. The van der Waals surface area contributed by atoms with E-state index < -0.39 is 15.8 Å². The van der Waals surface area contributed by atoms with Gasteiger partial charge >= 0.3 is 0 Å². The molecule has 0 saturated carbocycles. The summed E-state index contributed by atoms with van der Waals surface area (Å²) in [6.45, 7) is 0.218. The van der Waals surface area contributed by atoms with E-state index in [0.29, 0.717) is 6.42 Å². The number of halogens is 1. The predicted molar refractivity (Wildman–Crippen MR) is 99.4 cm³/mol. The summed E-state index contributed by atoms with van der Waals surface area (Å²) in [5, 5.41) is 2.77. The van der Waals surface area contributed by atoms with Gasteiger partial charge in [-0.1, -0.05) is 0 Å². The largest absolute Gasteiger partial charge is 0.497 e. The lowest BCUT2D eigenvalue weighted by Crippen LogP contribution is -2.25. The third-order valence-corrected chi connectivity index (χ3v) is 6.08. The van der Waals surface area contributed by atoms with Gasteiger partial charge in [0.1, 0.15) is 11.6 Å². The van der Waals surface area contributed by atoms with E-state index >= 15 is 0 Å². The molecular formula is C18H17FN2O3S2. The van der Waals surface area contributed by atoms with Crippen molar-refractivity contribution in [3.05, 3.63) is 64.7 Å². The minimum atomic E-state index is -3.65. The van der Waals surface area contributed by atoms with E-state index in [-0.39, 0.29) is 11.4 Å². The van der Waals surface area contributed by atoms with Crippen LogP contribution in [0.2, 0.25) is 0 Å². The van der Waals surface area contributed by atoms with Crippen LogP contribution in [-0.2, 0) is 16.4 Å². The maximum atomic E-state index is 12.9. The van der Waals surface area contributed by atoms with Crippen LogP contribution in [0, 0.1) is 5.82 Å². The van der Waals surface area contributed by atoms with Gasteiger partial charge in [0.2, 0.25) is 10.0 Å². The highest BCUT2D eigenvalue weighted by atomic mass is 32.2. The number of sulfonamides is 1. The third kappa shape index (κ3) is 4.46. The Morgan fingerprint density at radius 2 is 1.81 bits per heavy atom. The smallest absolute Gasteiger partial charge is 0.240 e. The third-order valence-electron chi connectivity index (χ3n) is 3.69. The Kier molecular flexibility index (Phi) is 5.65. The minimum Gasteiger partial charge on any atom is -0.497 e. The van der Waals surface area contributed by atoms with Crippen LogP contribution >= 0.6 is 11.3 Å². The standard InChI is InChI=1S/C18H17FN2O3S2/c1-24-15-6-2-13(3-7-15)17-12-25-18(21-17)10-11-20-26(22,23)16-8-4-14(19)5-9-16/h2-9,12,20H,10-11H2,1H3. The zero-order valence-corrected chi connectivity index (χ0v) is 15.6. The molecule has 3 rings (SSSR count). The SMILES string of the molecule is COc1ccc(-c2csc(CCNS(=O)(=O)c3ccc(F)cc3)n2)cc1. The van der Waals surface area contributed by atoms with E-state index in [1.54, 1.807) is 7.11 Å². The number of benzene rings is 2. The molecule has 1 N–H and O–H groups in total. The average Bonchev–Trinajstić information content (AvgIpc) is 3.11. The highest BCUT2D eigenvalue weighted by Gasteiger charge is 2.14. The molecule has 0 aliphatic heterocycles. The number of aromatic nitrogens is 1. The van der Waals surface area contributed by atoms with Gasteiger partial charge in [-0.2, -0.15) is 0 Å². The summed E-state index contributed by atoms with van der Waals surface area (Å²) in [5.41, 5.74) is 1.81. The average molecular weight is 392 g/mol. The van der Waals surface area contributed by atoms with Gasteiger partial charge in [0.05, 0.1) is 22.7 Å². The first kappa shape index (κ1) is 18.5. The molecule has 0 amide bonds. The maximum Gasteiger partial charge on any atom is 0.240 e. The number of nitrogens with one attached hydrogen (secondary N) is 1. The lowest BCUT2D eigenvalue weighted by Gasteiger charge is -2.05. The van der Waals surface area contributed by atoms with Crippen molar-refractivity contribution in [3.8, 4) is 17.0 Å². The first-order valence-corrected chi connectivity index (χ1v) is 10.2. The van der Waals surface area contributed by atoms with Crippen molar-refractivity contribution in [2.45, 2.75) is 11.3 Å².